The number of hydrogen-bond donors (Lipinski definition) is 2. The van der Waals surface area contributed by atoms with Crippen molar-refractivity contribution in [2.75, 3.05) is 23.8 Å². The lowest BCUT2D eigenvalue weighted by Crippen LogP contribution is -2.16. The molecule has 3 heterocycles. The smallest absolute Gasteiger partial charge is 0.257 e. The third kappa shape index (κ3) is 4.14. The molecular weight excluding hydrogens is 344 g/mol. The van der Waals surface area contributed by atoms with Crippen molar-refractivity contribution in [3.63, 3.8) is 0 Å². The zero-order chi connectivity index (χ0) is 18.5. The van der Waals surface area contributed by atoms with Crippen LogP contribution in [0.5, 0.6) is 11.5 Å². The van der Waals surface area contributed by atoms with Crippen molar-refractivity contribution in [2.24, 2.45) is 0 Å². The molecule has 7 nitrogen and oxygen atoms in total. The van der Waals surface area contributed by atoms with Crippen LogP contribution in [0.4, 0.5) is 11.4 Å². The van der Waals surface area contributed by atoms with Crippen molar-refractivity contribution in [2.45, 2.75) is 6.54 Å². The SMILES string of the molecule is O=C(Nc1ccc2c(c1)OCCO2)c1cncc(NCc2cccnc2)c1. The van der Waals surface area contributed by atoms with Gasteiger partial charge in [-0.3, -0.25) is 14.8 Å². The summed E-state index contributed by atoms with van der Waals surface area (Å²) in [5.74, 6) is 1.07. The highest BCUT2D eigenvalue weighted by atomic mass is 16.6. The first-order valence-electron chi connectivity index (χ1n) is 8.57. The van der Waals surface area contributed by atoms with E-state index in [0.29, 0.717) is 42.5 Å². The normalized spacial score (nSPS) is 12.3. The first-order valence-corrected chi connectivity index (χ1v) is 8.57. The number of amides is 1. The van der Waals surface area contributed by atoms with E-state index in [1.54, 1.807) is 42.9 Å². The molecule has 2 aromatic heterocycles. The summed E-state index contributed by atoms with van der Waals surface area (Å²) in [5.41, 5.74) is 2.90. The second kappa shape index (κ2) is 7.74. The summed E-state index contributed by atoms with van der Waals surface area (Å²) in [6, 6.07) is 10.9. The van der Waals surface area contributed by atoms with E-state index in [9.17, 15) is 4.79 Å². The quantitative estimate of drug-likeness (QED) is 0.725. The molecule has 0 aliphatic carbocycles. The van der Waals surface area contributed by atoms with Gasteiger partial charge in [-0.25, -0.2) is 0 Å². The molecule has 0 saturated heterocycles. The Kier molecular flexibility index (Phi) is 4.82. The molecule has 1 aromatic carbocycles. The first kappa shape index (κ1) is 16.8. The van der Waals surface area contributed by atoms with Crippen molar-refractivity contribution in [1.29, 1.82) is 0 Å². The van der Waals surface area contributed by atoms with E-state index in [0.717, 1.165) is 11.3 Å². The Labute approximate surface area is 156 Å². The van der Waals surface area contributed by atoms with Gasteiger partial charge >= 0.3 is 0 Å². The molecule has 0 spiro atoms. The topological polar surface area (TPSA) is 85.4 Å². The summed E-state index contributed by atoms with van der Waals surface area (Å²) in [6.07, 6.45) is 6.73. The number of ether oxygens (including phenoxy) is 2. The van der Waals surface area contributed by atoms with Gasteiger partial charge in [-0.1, -0.05) is 6.07 Å². The predicted octanol–water partition coefficient (Wildman–Crippen LogP) is 3.11. The molecule has 0 bridgehead atoms. The summed E-state index contributed by atoms with van der Waals surface area (Å²) in [5, 5.41) is 6.10. The van der Waals surface area contributed by atoms with Gasteiger partial charge in [-0.05, 0) is 29.8 Å². The highest BCUT2D eigenvalue weighted by Gasteiger charge is 2.14. The van der Waals surface area contributed by atoms with E-state index in [1.165, 1.54) is 6.20 Å². The molecule has 1 aliphatic heterocycles. The number of rotatable bonds is 5. The standard InChI is InChI=1S/C20H18N4O3/c25-20(24-16-3-4-18-19(9-16)27-7-6-26-18)15-8-17(13-22-12-15)23-11-14-2-1-5-21-10-14/h1-5,8-10,12-13,23H,6-7,11H2,(H,24,25). The average molecular weight is 362 g/mol. The van der Waals surface area contributed by atoms with Crippen LogP contribution in [-0.2, 0) is 6.54 Å². The van der Waals surface area contributed by atoms with E-state index >= 15 is 0 Å². The fourth-order valence-corrected chi connectivity index (χ4v) is 2.69. The van der Waals surface area contributed by atoms with Gasteiger partial charge in [0.15, 0.2) is 11.5 Å². The second-order valence-corrected chi connectivity index (χ2v) is 5.99. The number of hydrogen-bond acceptors (Lipinski definition) is 6. The average Bonchev–Trinajstić information content (AvgIpc) is 2.73. The van der Waals surface area contributed by atoms with Crippen LogP contribution in [-0.4, -0.2) is 29.1 Å². The van der Waals surface area contributed by atoms with Gasteiger partial charge in [-0.2, -0.15) is 0 Å². The van der Waals surface area contributed by atoms with Gasteiger partial charge < -0.3 is 20.1 Å². The van der Waals surface area contributed by atoms with Crippen LogP contribution in [0.3, 0.4) is 0 Å². The van der Waals surface area contributed by atoms with E-state index in [4.69, 9.17) is 9.47 Å². The molecule has 2 N–H and O–H groups in total. The maximum absolute atomic E-state index is 12.5. The summed E-state index contributed by atoms with van der Waals surface area (Å²) >= 11 is 0. The molecule has 0 fully saturated rings. The molecule has 0 saturated carbocycles. The van der Waals surface area contributed by atoms with Gasteiger partial charge in [0, 0.05) is 43.1 Å². The number of aromatic nitrogens is 2. The Morgan fingerprint density at radius 2 is 1.85 bits per heavy atom. The van der Waals surface area contributed by atoms with Gasteiger partial charge in [-0.15, -0.1) is 0 Å². The molecule has 4 rings (SSSR count). The van der Waals surface area contributed by atoms with E-state index in [-0.39, 0.29) is 5.91 Å². The number of benzene rings is 1. The number of carbonyl (C=O) groups excluding carboxylic acids is 1. The molecule has 0 radical (unpaired) electrons. The highest BCUT2D eigenvalue weighted by molar-refractivity contribution is 6.04. The molecule has 27 heavy (non-hydrogen) atoms. The summed E-state index contributed by atoms with van der Waals surface area (Å²) in [4.78, 5) is 20.8. The third-order valence-corrected chi connectivity index (χ3v) is 4.02. The molecule has 0 atom stereocenters. The molecule has 1 aliphatic rings. The first-order chi connectivity index (χ1) is 13.3. The number of nitrogens with one attached hydrogen (secondary N) is 2. The summed E-state index contributed by atoms with van der Waals surface area (Å²) in [7, 11) is 0. The Morgan fingerprint density at radius 3 is 2.70 bits per heavy atom. The van der Waals surface area contributed by atoms with E-state index in [1.807, 2.05) is 12.1 Å². The maximum atomic E-state index is 12.5. The van der Waals surface area contributed by atoms with Crippen molar-refractivity contribution in [3.05, 3.63) is 72.3 Å². The fraction of sp³-hybridized carbons (Fsp3) is 0.150. The van der Waals surface area contributed by atoms with Crippen LogP contribution in [0, 0.1) is 0 Å². The van der Waals surface area contributed by atoms with Crippen LogP contribution >= 0.6 is 0 Å². The van der Waals surface area contributed by atoms with Crippen LogP contribution in [0.2, 0.25) is 0 Å². The number of fused-ring (bicyclic) bond motifs is 1. The molecule has 3 aromatic rings. The van der Waals surface area contributed by atoms with Crippen LogP contribution in [0.25, 0.3) is 0 Å². The zero-order valence-electron chi connectivity index (χ0n) is 14.5. The minimum absolute atomic E-state index is 0.246. The maximum Gasteiger partial charge on any atom is 0.257 e. The fourth-order valence-electron chi connectivity index (χ4n) is 2.69. The second-order valence-electron chi connectivity index (χ2n) is 5.99. The minimum Gasteiger partial charge on any atom is -0.486 e. The Hall–Kier alpha value is -3.61. The number of carbonyl (C=O) groups is 1. The van der Waals surface area contributed by atoms with Gasteiger partial charge in [0.05, 0.1) is 11.3 Å². The summed E-state index contributed by atoms with van der Waals surface area (Å²) < 4.78 is 11.0. The largest absolute Gasteiger partial charge is 0.486 e. The number of pyridine rings is 2. The molecule has 0 unspecified atom stereocenters. The van der Waals surface area contributed by atoms with Gasteiger partial charge in [0.25, 0.3) is 5.91 Å². The Bertz CT molecular complexity index is 947. The Balaban J connectivity index is 1.43. The summed E-state index contributed by atoms with van der Waals surface area (Å²) in [6.45, 7) is 1.63. The van der Waals surface area contributed by atoms with Crippen molar-refractivity contribution in [3.8, 4) is 11.5 Å². The molecule has 1 amide bonds. The van der Waals surface area contributed by atoms with Crippen molar-refractivity contribution in [1.82, 2.24) is 9.97 Å². The number of anilines is 2. The van der Waals surface area contributed by atoms with E-state index in [2.05, 4.69) is 20.6 Å². The molecular formula is C20H18N4O3. The lowest BCUT2D eigenvalue weighted by Gasteiger charge is -2.19. The predicted molar refractivity (Wildman–Crippen MR) is 101 cm³/mol. The molecule has 7 heteroatoms. The lowest BCUT2D eigenvalue weighted by atomic mass is 10.2. The zero-order valence-corrected chi connectivity index (χ0v) is 14.5. The lowest BCUT2D eigenvalue weighted by molar-refractivity contribution is 0.102. The van der Waals surface area contributed by atoms with Crippen LogP contribution in [0.15, 0.2) is 61.2 Å². The van der Waals surface area contributed by atoms with Crippen molar-refractivity contribution >= 4 is 17.3 Å². The van der Waals surface area contributed by atoms with Crippen LogP contribution < -0.4 is 20.1 Å². The number of nitrogens with zero attached hydrogens (tertiary/aromatic N) is 2. The van der Waals surface area contributed by atoms with Gasteiger partial charge in [0.1, 0.15) is 13.2 Å². The van der Waals surface area contributed by atoms with Gasteiger partial charge in [0.2, 0.25) is 0 Å². The van der Waals surface area contributed by atoms with Crippen LogP contribution in [0.1, 0.15) is 15.9 Å². The minimum atomic E-state index is -0.246. The Morgan fingerprint density at radius 1 is 0.963 bits per heavy atom. The van der Waals surface area contributed by atoms with E-state index < -0.39 is 0 Å². The highest BCUT2D eigenvalue weighted by Crippen LogP contribution is 2.32. The monoisotopic (exact) mass is 362 g/mol. The van der Waals surface area contributed by atoms with Crippen molar-refractivity contribution < 1.29 is 14.3 Å². The third-order valence-electron chi connectivity index (χ3n) is 4.02. The molecule has 136 valence electrons.